The Kier molecular flexibility index (Phi) is 2.48. The zero-order valence-electron chi connectivity index (χ0n) is 12.3. The molecule has 2 bridgehead atoms. The molecule has 23 heavy (non-hydrogen) atoms. The number of fused-ring (bicyclic) bond motifs is 7. The van der Waals surface area contributed by atoms with Crippen molar-refractivity contribution in [2.45, 2.75) is 18.5 Å². The number of pyridine rings is 1. The molecule has 1 aliphatic heterocycles. The van der Waals surface area contributed by atoms with Gasteiger partial charge in [0.1, 0.15) is 0 Å². The monoisotopic (exact) mass is 308 g/mol. The van der Waals surface area contributed by atoms with Gasteiger partial charge >= 0.3 is 0 Å². The van der Waals surface area contributed by atoms with Crippen LogP contribution in [-0.4, -0.2) is 19.6 Å². The Bertz CT molecular complexity index is 861. The van der Waals surface area contributed by atoms with Gasteiger partial charge in [-0.25, -0.2) is 0 Å². The summed E-state index contributed by atoms with van der Waals surface area (Å²) < 4.78 is 1.72. The minimum atomic E-state index is -0.245. The lowest BCUT2D eigenvalue weighted by Crippen LogP contribution is -2.43. The van der Waals surface area contributed by atoms with E-state index < -0.39 is 0 Å². The molecular weight excluding hydrogens is 292 g/mol. The number of nitrogens with one attached hydrogen (secondary N) is 1. The lowest BCUT2D eigenvalue weighted by molar-refractivity contribution is 0.242. The summed E-state index contributed by atoms with van der Waals surface area (Å²) in [6.45, 7) is 0. The fraction of sp³-hybridized carbons (Fsp3) is 0.353. The Morgan fingerprint density at radius 1 is 1.26 bits per heavy atom. The van der Waals surface area contributed by atoms with Crippen molar-refractivity contribution in [3.05, 3.63) is 58.7 Å². The van der Waals surface area contributed by atoms with Crippen LogP contribution in [0.2, 0.25) is 0 Å². The maximum atomic E-state index is 12.4. The van der Waals surface area contributed by atoms with E-state index in [1.165, 1.54) is 6.07 Å². The van der Waals surface area contributed by atoms with Crippen molar-refractivity contribution in [1.29, 1.82) is 0 Å². The number of rotatable bonds is 1. The molecule has 6 nitrogen and oxygen atoms in total. The van der Waals surface area contributed by atoms with E-state index in [9.17, 15) is 9.90 Å². The first-order valence-electron chi connectivity index (χ1n) is 7.91. The van der Waals surface area contributed by atoms with Gasteiger partial charge < -0.3 is 10.4 Å². The Labute approximate surface area is 132 Å². The number of hydrogen-bond acceptors (Lipinski definition) is 5. The standard InChI is InChI=1S/C17H16N4O2/c22-12-8-13(23)21-16-10-5-4-9(7-10)14(16)15(20-17(21)19-12)11-3-1-2-6-18-11/h1-6,8-10,14-16,22H,7H2,(H,19,20). The number of aromatic hydroxyl groups is 1. The van der Waals surface area contributed by atoms with E-state index in [0.717, 1.165) is 12.1 Å². The molecule has 6 heteroatoms. The molecule has 116 valence electrons. The van der Waals surface area contributed by atoms with Crippen molar-refractivity contribution in [3.8, 4) is 5.88 Å². The highest BCUT2D eigenvalue weighted by Crippen LogP contribution is 2.57. The molecule has 5 unspecified atom stereocenters. The Morgan fingerprint density at radius 3 is 2.96 bits per heavy atom. The molecule has 2 N–H and O–H groups in total. The quantitative estimate of drug-likeness (QED) is 0.786. The summed E-state index contributed by atoms with van der Waals surface area (Å²) in [5, 5.41) is 13.1. The van der Waals surface area contributed by atoms with Crippen LogP contribution in [0.3, 0.4) is 0 Å². The predicted molar refractivity (Wildman–Crippen MR) is 84.0 cm³/mol. The Hall–Kier alpha value is -2.63. The number of hydrogen-bond donors (Lipinski definition) is 2. The first-order chi connectivity index (χ1) is 11.2. The number of aromatic nitrogens is 3. The molecule has 1 saturated carbocycles. The molecule has 0 spiro atoms. The summed E-state index contributed by atoms with van der Waals surface area (Å²) in [6, 6.07) is 7.14. The molecule has 5 rings (SSSR count). The van der Waals surface area contributed by atoms with Crippen LogP contribution >= 0.6 is 0 Å². The van der Waals surface area contributed by atoms with Crippen LogP contribution in [0, 0.1) is 17.8 Å². The highest BCUT2D eigenvalue weighted by Gasteiger charge is 2.53. The van der Waals surface area contributed by atoms with Crippen LogP contribution in [-0.2, 0) is 0 Å². The molecule has 3 heterocycles. The van der Waals surface area contributed by atoms with E-state index in [2.05, 4.69) is 27.4 Å². The van der Waals surface area contributed by atoms with E-state index in [1.54, 1.807) is 10.8 Å². The average molecular weight is 308 g/mol. The Balaban J connectivity index is 1.72. The normalized spacial score (nSPS) is 33.1. The summed E-state index contributed by atoms with van der Waals surface area (Å²) >= 11 is 0. The van der Waals surface area contributed by atoms with Crippen molar-refractivity contribution in [1.82, 2.24) is 14.5 Å². The van der Waals surface area contributed by atoms with Gasteiger partial charge in [-0.2, -0.15) is 4.98 Å². The van der Waals surface area contributed by atoms with Gasteiger partial charge in [-0.05, 0) is 30.4 Å². The van der Waals surface area contributed by atoms with Gasteiger partial charge in [0.2, 0.25) is 11.8 Å². The third-order valence-electron chi connectivity index (χ3n) is 5.39. The number of nitrogens with zero attached hydrogens (tertiary/aromatic N) is 3. The maximum absolute atomic E-state index is 12.4. The van der Waals surface area contributed by atoms with E-state index in [1.807, 2.05) is 18.2 Å². The molecule has 0 radical (unpaired) electrons. The van der Waals surface area contributed by atoms with Gasteiger partial charge in [-0.1, -0.05) is 18.2 Å². The van der Waals surface area contributed by atoms with E-state index in [4.69, 9.17) is 0 Å². The zero-order chi connectivity index (χ0) is 15.6. The lowest BCUT2D eigenvalue weighted by Gasteiger charge is -2.41. The largest absolute Gasteiger partial charge is 0.493 e. The summed E-state index contributed by atoms with van der Waals surface area (Å²) in [6.07, 6.45) is 7.34. The van der Waals surface area contributed by atoms with Crippen molar-refractivity contribution in [2.24, 2.45) is 17.8 Å². The van der Waals surface area contributed by atoms with Gasteiger partial charge in [-0.3, -0.25) is 14.3 Å². The van der Waals surface area contributed by atoms with Gasteiger partial charge in [0.25, 0.3) is 5.56 Å². The highest BCUT2D eigenvalue weighted by molar-refractivity contribution is 5.40. The van der Waals surface area contributed by atoms with Crippen LogP contribution in [0.5, 0.6) is 5.88 Å². The fourth-order valence-corrected chi connectivity index (χ4v) is 4.58. The van der Waals surface area contributed by atoms with E-state index >= 15 is 0 Å². The second-order valence-corrected chi connectivity index (χ2v) is 6.54. The summed E-state index contributed by atoms with van der Waals surface area (Å²) in [5.74, 6) is 1.26. The first-order valence-corrected chi connectivity index (χ1v) is 7.91. The van der Waals surface area contributed by atoms with Crippen LogP contribution in [0.1, 0.15) is 24.2 Å². The molecule has 0 saturated heterocycles. The first kappa shape index (κ1) is 12.9. The number of allylic oxidation sites excluding steroid dienone is 2. The molecule has 3 aliphatic rings. The topological polar surface area (TPSA) is 80.0 Å². The molecule has 0 aromatic carbocycles. The van der Waals surface area contributed by atoms with E-state index in [0.29, 0.717) is 17.8 Å². The van der Waals surface area contributed by atoms with Crippen LogP contribution < -0.4 is 10.9 Å². The van der Waals surface area contributed by atoms with Gasteiger partial charge in [0.05, 0.1) is 23.8 Å². The molecule has 1 fully saturated rings. The third kappa shape index (κ3) is 1.72. The second-order valence-electron chi connectivity index (χ2n) is 6.54. The van der Waals surface area contributed by atoms with Crippen LogP contribution in [0.4, 0.5) is 5.95 Å². The predicted octanol–water partition coefficient (Wildman–Crippen LogP) is 1.87. The van der Waals surface area contributed by atoms with Crippen LogP contribution in [0.25, 0.3) is 0 Å². The van der Waals surface area contributed by atoms with Crippen molar-refractivity contribution in [3.63, 3.8) is 0 Å². The molecule has 2 aromatic heterocycles. The third-order valence-corrected chi connectivity index (χ3v) is 5.39. The lowest BCUT2D eigenvalue weighted by atomic mass is 9.80. The summed E-state index contributed by atoms with van der Waals surface area (Å²) in [7, 11) is 0. The van der Waals surface area contributed by atoms with E-state index in [-0.39, 0.29) is 29.4 Å². The molecule has 2 aliphatic carbocycles. The molecule has 2 aromatic rings. The summed E-state index contributed by atoms with van der Waals surface area (Å²) in [4.78, 5) is 21.1. The summed E-state index contributed by atoms with van der Waals surface area (Å²) in [5.41, 5.74) is 0.753. The van der Waals surface area contributed by atoms with Crippen molar-refractivity contribution >= 4 is 5.95 Å². The molecule has 5 atom stereocenters. The Morgan fingerprint density at radius 2 is 2.13 bits per heavy atom. The smallest absolute Gasteiger partial charge is 0.259 e. The molecular formula is C17H16N4O2. The number of anilines is 1. The minimum Gasteiger partial charge on any atom is -0.493 e. The minimum absolute atomic E-state index is 0.00477. The zero-order valence-corrected chi connectivity index (χ0v) is 12.3. The van der Waals surface area contributed by atoms with Gasteiger partial charge in [-0.15, -0.1) is 0 Å². The van der Waals surface area contributed by atoms with Gasteiger partial charge in [0, 0.05) is 12.1 Å². The van der Waals surface area contributed by atoms with Crippen LogP contribution in [0.15, 0.2) is 47.4 Å². The fourth-order valence-electron chi connectivity index (χ4n) is 4.58. The highest BCUT2D eigenvalue weighted by atomic mass is 16.3. The maximum Gasteiger partial charge on any atom is 0.259 e. The molecule has 0 amide bonds. The average Bonchev–Trinajstić information content (AvgIpc) is 3.16. The van der Waals surface area contributed by atoms with Crippen molar-refractivity contribution < 1.29 is 5.11 Å². The van der Waals surface area contributed by atoms with Crippen molar-refractivity contribution in [2.75, 3.05) is 5.32 Å². The van der Waals surface area contributed by atoms with Gasteiger partial charge in [0.15, 0.2) is 0 Å². The second kappa shape index (κ2) is 4.44. The SMILES string of the molecule is O=c1cc(O)nc2n1C1C3C=CC(C3)C1C(c1ccccn1)N2.